The maximum Gasteiger partial charge on any atom is 0.255 e. The number of carbonyl (C=O) groups excluding carboxylic acids is 1. The van der Waals surface area contributed by atoms with E-state index in [1.165, 1.54) is 11.3 Å². The topological polar surface area (TPSA) is 49.6 Å². The number of nitrogens with two attached hydrogens (primary N) is 1. The van der Waals surface area contributed by atoms with Gasteiger partial charge in [-0.05, 0) is 33.0 Å². The van der Waals surface area contributed by atoms with Crippen molar-refractivity contribution in [3.05, 3.63) is 21.9 Å². The lowest BCUT2D eigenvalue weighted by Gasteiger charge is -2.27. The van der Waals surface area contributed by atoms with Crippen LogP contribution in [0.5, 0.6) is 0 Å². The van der Waals surface area contributed by atoms with Crippen LogP contribution in [-0.2, 0) is 0 Å². The molecule has 0 spiro atoms. The van der Waals surface area contributed by atoms with Crippen molar-refractivity contribution >= 4 is 17.2 Å². The van der Waals surface area contributed by atoms with Crippen LogP contribution in [0.2, 0.25) is 0 Å². The minimum Gasteiger partial charge on any atom is -0.335 e. The maximum absolute atomic E-state index is 12.6. The molecule has 1 fully saturated rings. The zero-order valence-electron chi connectivity index (χ0n) is 12.1. The van der Waals surface area contributed by atoms with Crippen LogP contribution < -0.4 is 5.73 Å². The first-order valence-corrected chi connectivity index (χ1v) is 7.76. The van der Waals surface area contributed by atoms with Crippen molar-refractivity contribution < 1.29 is 4.79 Å². The SMILES string of the molecule is CC1CN(C)CCCN1C(=O)c1csc(C#CCN)c1. The summed E-state index contributed by atoms with van der Waals surface area (Å²) < 4.78 is 0. The predicted molar refractivity (Wildman–Crippen MR) is 82.9 cm³/mol. The highest BCUT2D eigenvalue weighted by Gasteiger charge is 2.25. The highest BCUT2D eigenvalue weighted by molar-refractivity contribution is 7.10. The van der Waals surface area contributed by atoms with E-state index < -0.39 is 0 Å². The zero-order valence-corrected chi connectivity index (χ0v) is 12.9. The smallest absolute Gasteiger partial charge is 0.255 e. The summed E-state index contributed by atoms with van der Waals surface area (Å²) >= 11 is 1.50. The Balaban J connectivity index is 2.11. The fraction of sp³-hybridized carbons (Fsp3) is 0.533. The van der Waals surface area contributed by atoms with E-state index >= 15 is 0 Å². The molecule has 1 aromatic heterocycles. The van der Waals surface area contributed by atoms with Gasteiger partial charge in [-0.15, -0.1) is 11.3 Å². The molecule has 1 amide bonds. The number of nitrogens with zero attached hydrogens (tertiary/aromatic N) is 2. The molecule has 4 nitrogen and oxygen atoms in total. The van der Waals surface area contributed by atoms with Gasteiger partial charge in [-0.2, -0.15) is 0 Å². The number of hydrogen-bond donors (Lipinski definition) is 1. The molecule has 1 aliphatic rings. The molecule has 0 saturated carbocycles. The van der Waals surface area contributed by atoms with Gasteiger partial charge in [0.25, 0.3) is 5.91 Å². The Morgan fingerprint density at radius 3 is 3.10 bits per heavy atom. The van der Waals surface area contributed by atoms with Crippen LogP contribution in [0.25, 0.3) is 0 Å². The fourth-order valence-corrected chi connectivity index (χ4v) is 3.24. The molecule has 1 atom stereocenters. The molecule has 2 rings (SSSR count). The van der Waals surface area contributed by atoms with Gasteiger partial charge in [0.2, 0.25) is 0 Å². The summed E-state index contributed by atoms with van der Waals surface area (Å²) in [6.07, 6.45) is 1.02. The molecule has 1 saturated heterocycles. The summed E-state index contributed by atoms with van der Waals surface area (Å²) in [5.74, 6) is 5.91. The first kappa shape index (κ1) is 15.0. The van der Waals surface area contributed by atoms with Gasteiger partial charge >= 0.3 is 0 Å². The number of hydrogen-bond acceptors (Lipinski definition) is 4. The van der Waals surface area contributed by atoms with E-state index in [9.17, 15) is 4.79 Å². The van der Waals surface area contributed by atoms with Crippen LogP contribution in [0.4, 0.5) is 0 Å². The van der Waals surface area contributed by atoms with E-state index in [4.69, 9.17) is 5.73 Å². The lowest BCUT2D eigenvalue weighted by Crippen LogP contribution is -2.41. The van der Waals surface area contributed by atoms with E-state index in [-0.39, 0.29) is 11.9 Å². The van der Waals surface area contributed by atoms with Gasteiger partial charge in [0.15, 0.2) is 0 Å². The van der Waals surface area contributed by atoms with E-state index in [2.05, 4.69) is 30.7 Å². The molecular weight excluding hydrogens is 270 g/mol. The first-order valence-electron chi connectivity index (χ1n) is 6.89. The third-order valence-corrected chi connectivity index (χ3v) is 4.31. The molecule has 0 bridgehead atoms. The van der Waals surface area contributed by atoms with Gasteiger partial charge < -0.3 is 15.5 Å². The zero-order chi connectivity index (χ0) is 14.5. The normalized spacial score (nSPS) is 20.1. The number of thiophene rings is 1. The molecule has 1 unspecified atom stereocenters. The summed E-state index contributed by atoms with van der Waals surface area (Å²) in [7, 11) is 2.11. The lowest BCUT2D eigenvalue weighted by molar-refractivity contribution is 0.0697. The Hall–Kier alpha value is -1.35. The minimum absolute atomic E-state index is 0.116. The van der Waals surface area contributed by atoms with Crippen LogP contribution in [0.15, 0.2) is 11.4 Å². The van der Waals surface area contributed by atoms with Crippen LogP contribution in [0, 0.1) is 11.8 Å². The Morgan fingerprint density at radius 1 is 1.55 bits per heavy atom. The summed E-state index contributed by atoms with van der Waals surface area (Å²) in [6, 6.07) is 2.12. The second-order valence-corrected chi connectivity index (χ2v) is 6.08. The predicted octanol–water partition coefficient (Wildman–Crippen LogP) is 1.22. The molecule has 20 heavy (non-hydrogen) atoms. The average Bonchev–Trinajstić information content (AvgIpc) is 2.82. The highest BCUT2D eigenvalue weighted by Crippen LogP contribution is 2.18. The molecule has 108 valence electrons. The van der Waals surface area contributed by atoms with Crippen molar-refractivity contribution in [3.8, 4) is 11.8 Å². The lowest BCUT2D eigenvalue weighted by atomic mass is 10.2. The number of carbonyl (C=O) groups is 1. The van der Waals surface area contributed by atoms with Crippen LogP contribution in [0.1, 0.15) is 28.6 Å². The van der Waals surface area contributed by atoms with Crippen molar-refractivity contribution in [2.45, 2.75) is 19.4 Å². The molecule has 0 aromatic carbocycles. The van der Waals surface area contributed by atoms with E-state index in [0.717, 1.165) is 36.5 Å². The monoisotopic (exact) mass is 291 g/mol. The van der Waals surface area contributed by atoms with Crippen LogP contribution in [-0.4, -0.2) is 55.0 Å². The van der Waals surface area contributed by atoms with Gasteiger partial charge in [0, 0.05) is 24.5 Å². The Kier molecular flexibility index (Phi) is 5.18. The van der Waals surface area contributed by atoms with Crippen molar-refractivity contribution in [2.75, 3.05) is 33.2 Å². The molecular formula is C15H21N3OS. The Labute approximate surface area is 124 Å². The number of likely N-dealkylation sites (N-methyl/N-ethyl adjacent to an activating group) is 1. The van der Waals surface area contributed by atoms with E-state index in [1.54, 1.807) is 0 Å². The average molecular weight is 291 g/mol. The molecule has 2 N–H and O–H groups in total. The Bertz CT molecular complexity index is 529. The first-order chi connectivity index (χ1) is 9.61. The highest BCUT2D eigenvalue weighted by atomic mass is 32.1. The maximum atomic E-state index is 12.6. The molecule has 2 heterocycles. The van der Waals surface area contributed by atoms with Crippen molar-refractivity contribution in [1.82, 2.24) is 9.80 Å². The quantitative estimate of drug-likeness (QED) is 0.792. The number of amides is 1. The summed E-state index contributed by atoms with van der Waals surface area (Å²) in [5.41, 5.74) is 6.10. The molecule has 5 heteroatoms. The van der Waals surface area contributed by atoms with Gasteiger partial charge in [-0.3, -0.25) is 4.79 Å². The summed E-state index contributed by atoms with van der Waals surface area (Å²) in [5, 5.41) is 1.89. The molecule has 1 aliphatic heterocycles. The second-order valence-electron chi connectivity index (χ2n) is 5.17. The van der Waals surface area contributed by atoms with Crippen LogP contribution >= 0.6 is 11.3 Å². The van der Waals surface area contributed by atoms with Gasteiger partial charge in [-0.1, -0.05) is 11.8 Å². The standard InChI is InChI=1S/C15H21N3OS/c1-12-10-17(2)7-4-8-18(12)15(19)13-9-14(20-11-13)5-3-6-16/h9,11-12H,4,6-8,10,16H2,1-2H3. The number of rotatable bonds is 1. The van der Waals surface area contributed by atoms with Gasteiger partial charge in [-0.25, -0.2) is 0 Å². The van der Waals surface area contributed by atoms with Crippen molar-refractivity contribution in [1.29, 1.82) is 0 Å². The third kappa shape index (κ3) is 3.60. The third-order valence-electron chi connectivity index (χ3n) is 3.47. The van der Waals surface area contributed by atoms with Crippen molar-refractivity contribution in [2.24, 2.45) is 5.73 Å². The van der Waals surface area contributed by atoms with E-state index in [0.29, 0.717) is 6.54 Å². The fourth-order valence-electron chi connectivity index (χ4n) is 2.49. The minimum atomic E-state index is 0.116. The summed E-state index contributed by atoms with van der Waals surface area (Å²) in [6.45, 7) is 5.25. The van der Waals surface area contributed by atoms with Gasteiger partial charge in [0.05, 0.1) is 17.0 Å². The second kappa shape index (κ2) is 6.89. The van der Waals surface area contributed by atoms with Gasteiger partial charge in [0.1, 0.15) is 0 Å². The Morgan fingerprint density at radius 2 is 2.35 bits per heavy atom. The van der Waals surface area contributed by atoms with Crippen LogP contribution in [0.3, 0.4) is 0 Å². The van der Waals surface area contributed by atoms with E-state index in [1.807, 2.05) is 16.3 Å². The molecule has 0 radical (unpaired) electrons. The molecule has 1 aromatic rings. The van der Waals surface area contributed by atoms with Crippen molar-refractivity contribution in [3.63, 3.8) is 0 Å². The molecule has 0 aliphatic carbocycles. The largest absolute Gasteiger partial charge is 0.335 e. The summed E-state index contributed by atoms with van der Waals surface area (Å²) in [4.78, 5) is 17.8.